The Morgan fingerprint density at radius 1 is 1.35 bits per heavy atom. The molecule has 0 saturated heterocycles. The lowest BCUT2D eigenvalue weighted by Gasteiger charge is -2.27. The predicted molar refractivity (Wildman–Crippen MR) is 70.5 cm³/mol. The molecule has 0 bridgehead atoms. The van der Waals surface area contributed by atoms with E-state index in [-0.39, 0.29) is 0 Å². The van der Waals surface area contributed by atoms with Crippen molar-refractivity contribution in [1.29, 1.82) is 0 Å². The maximum absolute atomic E-state index is 5.99. The Morgan fingerprint density at radius 3 is 2.53 bits per heavy atom. The lowest BCUT2D eigenvalue weighted by atomic mass is 10.1. The molecular formula is C12H20ClN3O. The second-order valence-electron chi connectivity index (χ2n) is 3.98. The molecule has 0 radical (unpaired) electrons. The van der Waals surface area contributed by atoms with Crippen LogP contribution in [0.1, 0.15) is 32.5 Å². The first kappa shape index (κ1) is 14.2. The first-order chi connectivity index (χ1) is 8.12. The molecule has 5 heteroatoms. The Morgan fingerprint density at radius 2 is 2.00 bits per heavy atom. The van der Waals surface area contributed by atoms with Gasteiger partial charge in [-0.25, -0.2) is 9.97 Å². The molecule has 0 amide bonds. The zero-order valence-electron chi connectivity index (χ0n) is 10.9. The lowest BCUT2D eigenvalue weighted by molar-refractivity contribution is 0.178. The highest BCUT2D eigenvalue weighted by Gasteiger charge is 2.14. The molecule has 0 unspecified atom stereocenters. The van der Waals surface area contributed by atoms with E-state index in [9.17, 15) is 0 Å². The van der Waals surface area contributed by atoms with Crippen LogP contribution in [-0.4, -0.2) is 30.2 Å². The molecule has 0 spiro atoms. The Kier molecular flexibility index (Phi) is 5.65. The summed E-state index contributed by atoms with van der Waals surface area (Å²) >= 11 is 5.99. The number of rotatable bonds is 6. The number of hydrogen-bond acceptors (Lipinski definition) is 4. The number of anilines is 1. The van der Waals surface area contributed by atoms with Gasteiger partial charge in [0.2, 0.25) is 0 Å². The van der Waals surface area contributed by atoms with E-state index in [1.165, 1.54) is 0 Å². The summed E-state index contributed by atoms with van der Waals surface area (Å²) < 4.78 is 5.03. The molecule has 0 N–H and O–H groups in total. The molecule has 0 saturated carbocycles. The lowest BCUT2D eigenvalue weighted by Crippen LogP contribution is -2.31. The van der Waals surface area contributed by atoms with Crippen molar-refractivity contribution in [2.45, 2.75) is 39.3 Å². The Balaban J connectivity index is 2.95. The zero-order chi connectivity index (χ0) is 12.8. The topological polar surface area (TPSA) is 38.2 Å². The normalized spacial score (nSPS) is 10.9. The van der Waals surface area contributed by atoms with Crippen molar-refractivity contribution in [1.82, 2.24) is 9.97 Å². The molecule has 96 valence electrons. The molecular weight excluding hydrogens is 238 g/mol. The van der Waals surface area contributed by atoms with Gasteiger partial charge in [-0.05, 0) is 12.8 Å². The molecule has 0 fully saturated rings. The fourth-order valence-corrected chi connectivity index (χ4v) is 2.04. The first-order valence-electron chi connectivity index (χ1n) is 5.87. The predicted octanol–water partition coefficient (Wildman–Crippen LogP) is 2.90. The Bertz CT molecular complexity index is 356. The fraction of sp³-hybridized carbons (Fsp3) is 0.667. The molecule has 1 aromatic heterocycles. The molecule has 1 heterocycles. The highest BCUT2D eigenvalue weighted by atomic mass is 35.5. The van der Waals surface area contributed by atoms with Crippen LogP contribution in [0.25, 0.3) is 0 Å². The van der Waals surface area contributed by atoms with Gasteiger partial charge in [0.1, 0.15) is 17.6 Å². The van der Waals surface area contributed by atoms with Gasteiger partial charge < -0.3 is 9.64 Å². The minimum atomic E-state index is 0.379. The minimum absolute atomic E-state index is 0.379. The SMILES string of the molecule is CCC(CC)N(C)c1cc(Cl)nc(COC)n1. The van der Waals surface area contributed by atoms with Gasteiger partial charge in [0.15, 0.2) is 5.82 Å². The van der Waals surface area contributed by atoms with Gasteiger partial charge in [-0.2, -0.15) is 0 Å². The Labute approximate surface area is 108 Å². The minimum Gasteiger partial charge on any atom is -0.377 e. The molecule has 4 nitrogen and oxygen atoms in total. The molecule has 1 aromatic rings. The van der Waals surface area contributed by atoms with Crippen molar-refractivity contribution in [2.24, 2.45) is 0 Å². The number of methoxy groups -OCH3 is 1. The van der Waals surface area contributed by atoms with Gasteiger partial charge in [0.25, 0.3) is 0 Å². The summed E-state index contributed by atoms with van der Waals surface area (Å²) in [4.78, 5) is 10.7. The van der Waals surface area contributed by atoms with Crippen molar-refractivity contribution in [2.75, 3.05) is 19.1 Å². The highest BCUT2D eigenvalue weighted by Crippen LogP contribution is 2.19. The summed E-state index contributed by atoms with van der Waals surface area (Å²) in [5, 5.41) is 0.458. The molecule has 0 aliphatic carbocycles. The van der Waals surface area contributed by atoms with Crippen LogP contribution in [0.4, 0.5) is 5.82 Å². The van der Waals surface area contributed by atoms with Gasteiger partial charge in [0.05, 0.1) is 0 Å². The molecule has 17 heavy (non-hydrogen) atoms. The van der Waals surface area contributed by atoms with E-state index >= 15 is 0 Å². The number of halogens is 1. The Hall–Kier alpha value is -0.870. The van der Waals surface area contributed by atoms with Crippen LogP contribution in [0.5, 0.6) is 0 Å². The maximum atomic E-state index is 5.99. The van der Waals surface area contributed by atoms with E-state index in [0.717, 1.165) is 18.7 Å². The highest BCUT2D eigenvalue weighted by molar-refractivity contribution is 6.29. The van der Waals surface area contributed by atoms with Gasteiger partial charge in [-0.1, -0.05) is 25.4 Å². The van der Waals surface area contributed by atoms with E-state index in [1.807, 2.05) is 7.05 Å². The van der Waals surface area contributed by atoms with E-state index in [2.05, 4.69) is 28.7 Å². The van der Waals surface area contributed by atoms with Crippen LogP contribution in [-0.2, 0) is 11.3 Å². The number of ether oxygens (including phenoxy) is 1. The number of aromatic nitrogens is 2. The summed E-state index contributed by atoms with van der Waals surface area (Å²) in [6.45, 7) is 4.72. The molecule has 0 aliphatic heterocycles. The second-order valence-corrected chi connectivity index (χ2v) is 4.37. The maximum Gasteiger partial charge on any atom is 0.158 e. The third-order valence-corrected chi connectivity index (χ3v) is 3.05. The van der Waals surface area contributed by atoms with E-state index in [0.29, 0.717) is 23.6 Å². The summed E-state index contributed by atoms with van der Waals surface area (Å²) in [6, 6.07) is 2.26. The molecule has 1 rings (SSSR count). The average molecular weight is 258 g/mol. The quantitative estimate of drug-likeness (QED) is 0.735. The van der Waals surface area contributed by atoms with Crippen molar-refractivity contribution >= 4 is 17.4 Å². The summed E-state index contributed by atoms with van der Waals surface area (Å²) in [6.07, 6.45) is 2.16. The van der Waals surface area contributed by atoms with Crippen LogP contribution >= 0.6 is 11.6 Å². The van der Waals surface area contributed by atoms with E-state index in [1.54, 1.807) is 13.2 Å². The van der Waals surface area contributed by atoms with Gasteiger partial charge in [0, 0.05) is 26.3 Å². The number of hydrogen-bond donors (Lipinski definition) is 0. The monoisotopic (exact) mass is 257 g/mol. The van der Waals surface area contributed by atoms with Crippen LogP contribution in [0.15, 0.2) is 6.07 Å². The summed E-state index contributed by atoms with van der Waals surface area (Å²) in [5.41, 5.74) is 0. The third kappa shape index (κ3) is 3.82. The fourth-order valence-electron chi connectivity index (χ4n) is 1.85. The average Bonchev–Trinajstić information content (AvgIpc) is 2.30. The van der Waals surface area contributed by atoms with Crippen LogP contribution in [0.2, 0.25) is 5.15 Å². The molecule has 0 aromatic carbocycles. The van der Waals surface area contributed by atoms with Crippen molar-refractivity contribution < 1.29 is 4.74 Å². The van der Waals surface area contributed by atoms with Gasteiger partial charge in [-0.15, -0.1) is 0 Å². The van der Waals surface area contributed by atoms with Gasteiger partial charge >= 0.3 is 0 Å². The van der Waals surface area contributed by atoms with Crippen molar-refractivity contribution in [3.05, 3.63) is 17.0 Å². The van der Waals surface area contributed by atoms with Crippen molar-refractivity contribution in [3.8, 4) is 0 Å². The standard InChI is InChI=1S/C12H20ClN3O/c1-5-9(6-2)16(3)12-7-10(13)14-11(15-12)8-17-4/h7,9H,5-6,8H2,1-4H3. The van der Waals surface area contributed by atoms with E-state index in [4.69, 9.17) is 16.3 Å². The molecule has 0 atom stereocenters. The second kappa shape index (κ2) is 6.77. The van der Waals surface area contributed by atoms with Crippen molar-refractivity contribution in [3.63, 3.8) is 0 Å². The van der Waals surface area contributed by atoms with Crippen LogP contribution in [0.3, 0.4) is 0 Å². The smallest absolute Gasteiger partial charge is 0.158 e. The third-order valence-electron chi connectivity index (χ3n) is 2.85. The van der Waals surface area contributed by atoms with Gasteiger partial charge in [-0.3, -0.25) is 0 Å². The zero-order valence-corrected chi connectivity index (χ0v) is 11.7. The number of nitrogens with zero attached hydrogens (tertiary/aromatic N) is 3. The summed E-state index contributed by atoms with van der Waals surface area (Å²) in [7, 11) is 3.65. The summed E-state index contributed by atoms with van der Waals surface area (Å²) in [5.74, 6) is 1.47. The molecule has 0 aliphatic rings. The van der Waals surface area contributed by atoms with Crippen LogP contribution in [0, 0.1) is 0 Å². The largest absolute Gasteiger partial charge is 0.377 e. The van der Waals surface area contributed by atoms with Crippen LogP contribution < -0.4 is 4.90 Å². The first-order valence-corrected chi connectivity index (χ1v) is 6.25. The van der Waals surface area contributed by atoms with E-state index < -0.39 is 0 Å².